The van der Waals surface area contributed by atoms with E-state index in [-0.39, 0.29) is 5.91 Å². The van der Waals surface area contributed by atoms with E-state index in [9.17, 15) is 4.79 Å². The summed E-state index contributed by atoms with van der Waals surface area (Å²) in [6.45, 7) is 8.18. The van der Waals surface area contributed by atoms with Gasteiger partial charge in [-0.15, -0.1) is 0 Å². The molecule has 0 aliphatic carbocycles. The molecule has 0 bridgehead atoms. The molecule has 0 atom stereocenters. The van der Waals surface area contributed by atoms with Crippen LogP contribution in [-0.4, -0.2) is 63.1 Å². The lowest BCUT2D eigenvalue weighted by Gasteiger charge is -2.25. The molecule has 0 spiro atoms. The SMILES string of the molecule is CCOc1ccc(/C=N\NC(=O)CN2CCOCC2)cc1OCC. The van der Waals surface area contributed by atoms with Gasteiger partial charge in [0.05, 0.1) is 39.2 Å². The molecule has 1 aliphatic heterocycles. The Morgan fingerprint density at radius 2 is 1.96 bits per heavy atom. The maximum absolute atomic E-state index is 11.9. The molecule has 0 unspecified atom stereocenters. The Morgan fingerprint density at radius 1 is 1.25 bits per heavy atom. The highest BCUT2D eigenvalue weighted by Gasteiger charge is 2.13. The average Bonchev–Trinajstić information content (AvgIpc) is 2.58. The van der Waals surface area contributed by atoms with Crippen molar-refractivity contribution >= 4 is 12.1 Å². The molecule has 7 nitrogen and oxygen atoms in total. The number of nitrogens with one attached hydrogen (secondary N) is 1. The van der Waals surface area contributed by atoms with Crippen LogP contribution in [0.2, 0.25) is 0 Å². The minimum absolute atomic E-state index is 0.135. The minimum atomic E-state index is -0.135. The number of ether oxygens (including phenoxy) is 3. The van der Waals surface area contributed by atoms with Crippen molar-refractivity contribution in [3.05, 3.63) is 23.8 Å². The maximum Gasteiger partial charge on any atom is 0.254 e. The predicted molar refractivity (Wildman–Crippen MR) is 91.8 cm³/mol. The molecule has 0 radical (unpaired) electrons. The number of hydrogen-bond acceptors (Lipinski definition) is 6. The largest absolute Gasteiger partial charge is 0.490 e. The van der Waals surface area contributed by atoms with E-state index < -0.39 is 0 Å². The molecule has 132 valence electrons. The van der Waals surface area contributed by atoms with Crippen LogP contribution in [-0.2, 0) is 9.53 Å². The Kier molecular flexibility index (Phi) is 7.51. The van der Waals surface area contributed by atoms with Crippen LogP contribution in [0.4, 0.5) is 0 Å². The number of benzene rings is 1. The lowest BCUT2D eigenvalue weighted by Crippen LogP contribution is -2.42. The molecule has 1 N–H and O–H groups in total. The number of rotatable bonds is 8. The van der Waals surface area contributed by atoms with E-state index >= 15 is 0 Å². The van der Waals surface area contributed by atoms with Crippen LogP contribution in [0.25, 0.3) is 0 Å². The summed E-state index contributed by atoms with van der Waals surface area (Å²) >= 11 is 0. The van der Waals surface area contributed by atoms with Gasteiger partial charge in [-0.3, -0.25) is 9.69 Å². The van der Waals surface area contributed by atoms with Crippen molar-refractivity contribution in [2.45, 2.75) is 13.8 Å². The molecule has 0 saturated carbocycles. The highest BCUT2D eigenvalue weighted by atomic mass is 16.5. The summed E-state index contributed by atoms with van der Waals surface area (Å²) < 4.78 is 16.3. The first kappa shape index (κ1) is 18.2. The Balaban J connectivity index is 1.88. The molecule has 24 heavy (non-hydrogen) atoms. The summed E-state index contributed by atoms with van der Waals surface area (Å²) in [5.74, 6) is 1.24. The topological polar surface area (TPSA) is 72.4 Å². The van der Waals surface area contributed by atoms with E-state index in [1.54, 1.807) is 6.21 Å². The molecule has 1 aromatic rings. The summed E-state index contributed by atoms with van der Waals surface area (Å²) in [5, 5.41) is 4.01. The van der Waals surface area contributed by atoms with Crippen LogP contribution in [0, 0.1) is 0 Å². The summed E-state index contributed by atoms with van der Waals surface area (Å²) in [6.07, 6.45) is 1.59. The van der Waals surface area contributed by atoms with E-state index in [4.69, 9.17) is 14.2 Å². The predicted octanol–water partition coefficient (Wildman–Crippen LogP) is 1.27. The van der Waals surface area contributed by atoms with Crippen molar-refractivity contribution in [3.8, 4) is 11.5 Å². The quantitative estimate of drug-likeness (QED) is 0.572. The number of hydrazone groups is 1. The second-order valence-electron chi connectivity index (χ2n) is 5.25. The van der Waals surface area contributed by atoms with Crippen molar-refractivity contribution < 1.29 is 19.0 Å². The second-order valence-corrected chi connectivity index (χ2v) is 5.25. The minimum Gasteiger partial charge on any atom is -0.490 e. The van der Waals surface area contributed by atoms with Gasteiger partial charge in [-0.1, -0.05) is 0 Å². The van der Waals surface area contributed by atoms with Gasteiger partial charge in [0.2, 0.25) is 0 Å². The molecular weight excluding hydrogens is 310 g/mol. The van der Waals surface area contributed by atoms with E-state index in [1.165, 1.54) is 0 Å². The van der Waals surface area contributed by atoms with Crippen LogP contribution in [0.3, 0.4) is 0 Å². The lowest BCUT2D eigenvalue weighted by atomic mass is 10.2. The summed E-state index contributed by atoms with van der Waals surface area (Å²) in [6, 6.07) is 5.54. The van der Waals surface area contributed by atoms with E-state index in [2.05, 4.69) is 10.5 Å². The van der Waals surface area contributed by atoms with Gasteiger partial charge in [0.15, 0.2) is 11.5 Å². The van der Waals surface area contributed by atoms with Crippen LogP contribution >= 0.6 is 0 Å². The fourth-order valence-corrected chi connectivity index (χ4v) is 2.32. The van der Waals surface area contributed by atoms with Crippen molar-refractivity contribution in [1.29, 1.82) is 0 Å². The van der Waals surface area contributed by atoms with Gasteiger partial charge in [0.1, 0.15) is 0 Å². The third-order valence-corrected chi connectivity index (χ3v) is 3.44. The molecule has 1 aliphatic rings. The second kappa shape index (κ2) is 9.89. The molecular formula is C17H25N3O4. The van der Waals surface area contributed by atoms with Gasteiger partial charge in [-0.25, -0.2) is 5.43 Å². The highest BCUT2D eigenvalue weighted by Crippen LogP contribution is 2.27. The first-order valence-electron chi connectivity index (χ1n) is 8.24. The molecule has 0 aromatic heterocycles. The van der Waals surface area contributed by atoms with Crippen molar-refractivity contribution in [2.24, 2.45) is 5.10 Å². The number of nitrogens with zero attached hydrogens (tertiary/aromatic N) is 2. The zero-order chi connectivity index (χ0) is 17.2. The Morgan fingerprint density at radius 3 is 2.67 bits per heavy atom. The number of amides is 1. The number of carbonyl (C=O) groups is 1. The van der Waals surface area contributed by atoms with Crippen LogP contribution in [0.5, 0.6) is 11.5 Å². The molecule has 1 amide bonds. The van der Waals surface area contributed by atoms with E-state index in [0.717, 1.165) is 18.7 Å². The number of carbonyl (C=O) groups excluding carboxylic acids is 1. The molecule has 1 saturated heterocycles. The molecule has 1 heterocycles. The third-order valence-electron chi connectivity index (χ3n) is 3.44. The van der Waals surface area contributed by atoms with Gasteiger partial charge >= 0.3 is 0 Å². The maximum atomic E-state index is 11.9. The standard InChI is InChI=1S/C17H25N3O4/c1-3-23-15-6-5-14(11-16(15)24-4-2)12-18-19-17(21)13-20-7-9-22-10-8-20/h5-6,11-12H,3-4,7-10,13H2,1-2H3,(H,19,21)/b18-12-. The zero-order valence-corrected chi connectivity index (χ0v) is 14.3. The lowest BCUT2D eigenvalue weighted by molar-refractivity contribution is -0.123. The van der Waals surface area contributed by atoms with E-state index in [0.29, 0.717) is 44.5 Å². The number of morpholine rings is 1. The number of hydrogen-bond donors (Lipinski definition) is 1. The molecule has 7 heteroatoms. The monoisotopic (exact) mass is 335 g/mol. The zero-order valence-electron chi connectivity index (χ0n) is 14.3. The smallest absolute Gasteiger partial charge is 0.254 e. The molecule has 1 aromatic carbocycles. The van der Waals surface area contributed by atoms with Crippen LogP contribution in [0.1, 0.15) is 19.4 Å². The van der Waals surface area contributed by atoms with Crippen molar-refractivity contribution in [3.63, 3.8) is 0 Å². The van der Waals surface area contributed by atoms with Gasteiger partial charge in [-0.2, -0.15) is 5.10 Å². The highest BCUT2D eigenvalue weighted by molar-refractivity contribution is 5.83. The van der Waals surface area contributed by atoms with Gasteiger partial charge in [0.25, 0.3) is 5.91 Å². The summed E-state index contributed by atoms with van der Waals surface area (Å²) in [4.78, 5) is 13.9. The van der Waals surface area contributed by atoms with Crippen LogP contribution < -0.4 is 14.9 Å². The first-order chi connectivity index (χ1) is 11.7. The van der Waals surface area contributed by atoms with Crippen molar-refractivity contribution in [1.82, 2.24) is 10.3 Å². The Hall–Kier alpha value is -2.12. The molecule has 1 fully saturated rings. The normalized spacial score (nSPS) is 15.4. The Labute approximate surface area is 142 Å². The van der Waals surface area contributed by atoms with E-state index in [1.807, 2.05) is 36.9 Å². The summed E-state index contributed by atoms with van der Waals surface area (Å²) in [5.41, 5.74) is 3.37. The average molecular weight is 335 g/mol. The van der Waals surface area contributed by atoms with Gasteiger partial charge in [0, 0.05) is 13.1 Å². The fraction of sp³-hybridized carbons (Fsp3) is 0.529. The molecule has 2 rings (SSSR count). The summed E-state index contributed by atoms with van der Waals surface area (Å²) in [7, 11) is 0. The van der Waals surface area contributed by atoms with Crippen molar-refractivity contribution in [2.75, 3.05) is 46.1 Å². The fourth-order valence-electron chi connectivity index (χ4n) is 2.32. The van der Waals surface area contributed by atoms with Gasteiger partial charge in [-0.05, 0) is 37.6 Å². The third kappa shape index (κ3) is 5.82. The first-order valence-corrected chi connectivity index (χ1v) is 8.24. The van der Waals surface area contributed by atoms with Gasteiger partial charge < -0.3 is 14.2 Å². The van der Waals surface area contributed by atoms with Crippen LogP contribution in [0.15, 0.2) is 23.3 Å². The Bertz CT molecular complexity index is 557.